The highest BCUT2D eigenvalue weighted by Crippen LogP contribution is 2.02. The Morgan fingerprint density at radius 2 is 2.10 bits per heavy atom. The number of carbonyl (C=O) groups is 1. The number of amides is 1. The molecular weight excluding hydrogens is 270 g/mol. The number of carbonyl (C=O) groups excluding carboxylic acids is 1. The first kappa shape index (κ1) is 14.8. The van der Waals surface area contributed by atoms with Gasteiger partial charge in [-0.3, -0.25) is 4.79 Å². The van der Waals surface area contributed by atoms with Crippen molar-refractivity contribution < 1.29 is 19.0 Å². The van der Waals surface area contributed by atoms with E-state index in [1.165, 1.54) is 23.2 Å². The first-order valence-electron chi connectivity index (χ1n) is 6.76. The molecule has 6 heteroatoms. The summed E-state index contributed by atoms with van der Waals surface area (Å²) < 4.78 is 6.31. The zero-order valence-corrected chi connectivity index (χ0v) is 12.0. The Hall–Kier alpha value is -2.63. The van der Waals surface area contributed by atoms with E-state index in [-0.39, 0.29) is 11.7 Å². The molecule has 0 aliphatic heterocycles. The standard InChI is InChI=1S/C15H17N3O3/c1-3-17(4-2)15(20)12-7-5-9-18(11-12)16-14(19)13-8-6-10-21-13/h5-11H,3-4H2,1-2H3. The van der Waals surface area contributed by atoms with E-state index in [2.05, 4.69) is 5.10 Å². The Labute approximate surface area is 122 Å². The molecule has 0 aliphatic rings. The van der Waals surface area contributed by atoms with Crippen LogP contribution in [0.1, 0.15) is 30.0 Å². The summed E-state index contributed by atoms with van der Waals surface area (Å²) in [5.41, 5.74) is 0.484. The number of rotatable bonds is 5. The van der Waals surface area contributed by atoms with Gasteiger partial charge < -0.3 is 14.4 Å². The van der Waals surface area contributed by atoms with Crippen molar-refractivity contribution in [2.24, 2.45) is 5.10 Å². The van der Waals surface area contributed by atoms with E-state index in [9.17, 15) is 9.90 Å². The molecule has 1 amide bonds. The van der Waals surface area contributed by atoms with Gasteiger partial charge in [-0.05, 0) is 37.1 Å². The summed E-state index contributed by atoms with van der Waals surface area (Å²) in [7, 11) is 0. The van der Waals surface area contributed by atoms with Crippen LogP contribution in [0.15, 0.2) is 52.4 Å². The van der Waals surface area contributed by atoms with Gasteiger partial charge in [0.1, 0.15) is 17.2 Å². The van der Waals surface area contributed by atoms with E-state index in [1.54, 1.807) is 29.3 Å². The zero-order valence-electron chi connectivity index (χ0n) is 12.0. The lowest BCUT2D eigenvalue weighted by molar-refractivity contribution is -0.681. The number of hydrogen-bond acceptors (Lipinski definition) is 4. The van der Waals surface area contributed by atoms with Crippen LogP contribution in [-0.4, -0.2) is 29.8 Å². The van der Waals surface area contributed by atoms with Crippen LogP contribution >= 0.6 is 0 Å². The van der Waals surface area contributed by atoms with Gasteiger partial charge in [-0.15, -0.1) is 0 Å². The predicted molar refractivity (Wildman–Crippen MR) is 74.5 cm³/mol. The van der Waals surface area contributed by atoms with Crippen LogP contribution < -0.4 is 9.78 Å². The van der Waals surface area contributed by atoms with Crippen LogP contribution in [0.5, 0.6) is 0 Å². The summed E-state index contributed by atoms with van der Waals surface area (Å²) in [6.45, 7) is 5.10. The van der Waals surface area contributed by atoms with Crippen LogP contribution in [0, 0.1) is 0 Å². The minimum atomic E-state index is -0.502. The van der Waals surface area contributed by atoms with Crippen molar-refractivity contribution in [2.75, 3.05) is 13.1 Å². The van der Waals surface area contributed by atoms with Gasteiger partial charge in [0, 0.05) is 19.2 Å². The van der Waals surface area contributed by atoms with Gasteiger partial charge in [0.2, 0.25) is 12.4 Å². The van der Waals surface area contributed by atoms with Crippen molar-refractivity contribution in [1.29, 1.82) is 0 Å². The molecule has 6 nitrogen and oxygen atoms in total. The number of aromatic nitrogens is 1. The summed E-state index contributed by atoms with van der Waals surface area (Å²) in [6, 6.07) is 6.53. The monoisotopic (exact) mass is 287 g/mol. The van der Waals surface area contributed by atoms with Gasteiger partial charge in [-0.25, -0.2) is 0 Å². The molecule has 110 valence electrons. The molecule has 0 atom stereocenters. The second-order valence-electron chi connectivity index (χ2n) is 4.33. The molecule has 21 heavy (non-hydrogen) atoms. The maximum Gasteiger partial charge on any atom is 0.260 e. The lowest BCUT2D eigenvalue weighted by Crippen LogP contribution is -2.36. The van der Waals surface area contributed by atoms with Crippen LogP contribution in [-0.2, 0) is 0 Å². The third-order valence-corrected chi connectivity index (χ3v) is 3.02. The fraction of sp³-hybridized carbons (Fsp3) is 0.267. The molecule has 0 N–H and O–H groups in total. The first-order chi connectivity index (χ1) is 10.2. The van der Waals surface area contributed by atoms with Crippen molar-refractivity contribution in [2.45, 2.75) is 13.8 Å². The highest BCUT2D eigenvalue weighted by Gasteiger charge is 2.15. The summed E-state index contributed by atoms with van der Waals surface area (Å²) in [5, 5.41) is 15.7. The van der Waals surface area contributed by atoms with Crippen molar-refractivity contribution >= 4 is 11.8 Å². The van der Waals surface area contributed by atoms with Gasteiger partial charge in [0.25, 0.3) is 5.91 Å². The van der Waals surface area contributed by atoms with E-state index in [1.807, 2.05) is 13.8 Å². The SMILES string of the molecule is CCN(CC)C(=O)c1ccc[n+](/N=C(\[O-])c2ccco2)c1. The molecule has 0 saturated heterocycles. The van der Waals surface area contributed by atoms with Crippen LogP contribution in [0.2, 0.25) is 0 Å². The Morgan fingerprint density at radius 1 is 1.33 bits per heavy atom. The number of nitrogens with zero attached hydrogens (tertiary/aromatic N) is 3. The Balaban J connectivity index is 2.26. The average Bonchev–Trinajstić information content (AvgIpc) is 3.03. The number of furan rings is 1. The molecule has 2 aromatic rings. The Morgan fingerprint density at radius 3 is 2.71 bits per heavy atom. The fourth-order valence-electron chi connectivity index (χ4n) is 1.90. The molecule has 0 bridgehead atoms. The molecule has 0 saturated carbocycles. The normalized spacial score (nSPS) is 11.4. The minimum Gasteiger partial charge on any atom is -0.852 e. The average molecular weight is 287 g/mol. The van der Waals surface area contributed by atoms with Gasteiger partial charge >= 0.3 is 0 Å². The van der Waals surface area contributed by atoms with Crippen LogP contribution in [0.25, 0.3) is 0 Å². The molecule has 0 aliphatic carbocycles. The summed E-state index contributed by atoms with van der Waals surface area (Å²) >= 11 is 0. The van der Waals surface area contributed by atoms with E-state index >= 15 is 0 Å². The third-order valence-electron chi connectivity index (χ3n) is 3.02. The largest absolute Gasteiger partial charge is 0.852 e. The number of hydrogen-bond donors (Lipinski definition) is 0. The van der Waals surface area contributed by atoms with Crippen molar-refractivity contribution in [3.8, 4) is 0 Å². The van der Waals surface area contributed by atoms with Gasteiger partial charge in [-0.2, -0.15) is 0 Å². The van der Waals surface area contributed by atoms with Crippen LogP contribution in [0.4, 0.5) is 0 Å². The van der Waals surface area contributed by atoms with Crippen molar-refractivity contribution in [3.63, 3.8) is 0 Å². The summed E-state index contributed by atoms with van der Waals surface area (Å²) in [5.74, 6) is -0.435. The summed E-state index contributed by atoms with van der Waals surface area (Å²) in [4.78, 5) is 13.9. The van der Waals surface area contributed by atoms with Crippen molar-refractivity contribution in [1.82, 2.24) is 4.90 Å². The quantitative estimate of drug-likeness (QED) is 0.460. The topological polar surface area (TPSA) is 72.8 Å². The van der Waals surface area contributed by atoms with E-state index in [0.29, 0.717) is 18.7 Å². The second kappa shape index (κ2) is 6.69. The Kier molecular flexibility index (Phi) is 4.71. The Bertz CT molecular complexity index is 631. The predicted octanol–water partition coefficient (Wildman–Crippen LogP) is 0.619. The van der Waals surface area contributed by atoms with E-state index < -0.39 is 5.90 Å². The maximum atomic E-state index is 12.2. The molecule has 0 fully saturated rings. The van der Waals surface area contributed by atoms with Crippen LogP contribution in [0.3, 0.4) is 0 Å². The lowest BCUT2D eigenvalue weighted by atomic mass is 10.2. The molecule has 0 aromatic carbocycles. The molecular formula is C15H17N3O3. The van der Waals surface area contributed by atoms with E-state index in [0.717, 1.165) is 0 Å². The maximum absolute atomic E-state index is 12.2. The number of pyridine rings is 1. The molecule has 2 aromatic heterocycles. The highest BCUT2D eigenvalue weighted by molar-refractivity contribution is 5.93. The minimum absolute atomic E-state index is 0.0880. The molecule has 0 radical (unpaired) electrons. The van der Waals surface area contributed by atoms with Gasteiger partial charge in [0.05, 0.1) is 6.26 Å². The molecule has 0 spiro atoms. The molecule has 2 rings (SSSR count). The van der Waals surface area contributed by atoms with Gasteiger partial charge in [-0.1, -0.05) is 4.68 Å². The lowest BCUT2D eigenvalue weighted by Gasteiger charge is -2.17. The first-order valence-corrected chi connectivity index (χ1v) is 6.76. The smallest absolute Gasteiger partial charge is 0.260 e. The molecule has 0 unspecified atom stereocenters. The third kappa shape index (κ3) is 3.47. The van der Waals surface area contributed by atoms with E-state index in [4.69, 9.17) is 4.42 Å². The summed E-state index contributed by atoms with van der Waals surface area (Å²) in [6.07, 6.45) is 4.54. The zero-order chi connectivity index (χ0) is 15.2. The highest BCUT2D eigenvalue weighted by atomic mass is 16.4. The van der Waals surface area contributed by atoms with Gasteiger partial charge in [0.15, 0.2) is 0 Å². The van der Waals surface area contributed by atoms with Crippen molar-refractivity contribution in [3.05, 3.63) is 54.2 Å². The molecule has 2 heterocycles. The second-order valence-corrected chi connectivity index (χ2v) is 4.33. The fourth-order valence-corrected chi connectivity index (χ4v) is 1.90.